The number of phenols is 1. The second kappa shape index (κ2) is 5.06. The van der Waals surface area contributed by atoms with Gasteiger partial charge in [-0.15, -0.1) is 0 Å². The number of hydrogen-bond acceptors (Lipinski definition) is 5. The summed E-state index contributed by atoms with van der Waals surface area (Å²) >= 11 is 1.35. The van der Waals surface area contributed by atoms with Crippen molar-refractivity contribution in [2.75, 3.05) is 17.7 Å². The van der Waals surface area contributed by atoms with Crippen LogP contribution in [-0.2, 0) is 0 Å². The monoisotopic (exact) mass is 299 g/mol. The Hall–Kier alpha value is -2.60. The second-order valence-electron chi connectivity index (χ2n) is 4.62. The van der Waals surface area contributed by atoms with E-state index in [1.807, 2.05) is 0 Å². The molecule has 3 rings (SSSR count). The van der Waals surface area contributed by atoms with Gasteiger partial charge in [0.05, 0.1) is 10.2 Å². The average molecular weight is 299 g/mol. The zero-order valence-electron chi connectivity index (χ0n) is 11.3. The zero-order chi connectivity index (χ0) is 15.0. The van der Waals surface area contributed by atoms with E-state index in [9.17, 15) is 9.90 Å². The summed E-state index contributed by atoms with van der Waals surface area (Å²) in [5, 5.41) is 9.98. The third kappa shape index (κ3) is 2.53. The molecular formula is C15H13N3O2S. The summed E-state index contributed by atoms with van der Waals surface area (Å²) in [6.45, 7) is 0. The van der Waals surface area contributed by atoms with E-state index in [1.54, 1.807) is 49.5 Å². The molecule has 0 unspecified atom stereocenters. The van der Waals surface area contributed by atoms with E-state index in [2.05, 4.69) is 4.98 Å². The van der Waals surface area contributed by atoms with Crippen molar-refractivity contribution < 1.29 is 9.90 Å². The summed E-state index contributed by atoms with van der Waals surface area (Å²) in [7, 11) is 1.67. The number of carbonyl (C=O) groups excluding carboxylic acids is 1. The SMILES string of the molecule is CN(C(=O)c1ccc2nc(N)sc2c1)c1cccc(O)c1. The maximum absolute atomic E-state index is 12.5. The molecule has 0 spiro atoms. The molecule has 1 amide bonds. The Kier molecular flexibility index (Phi) is 3.23. The van der Waals surface area contributed by atoms with Gasteiger partial charge in [0, 0.05) is 24.4 Å². The number of nitrogen functional groups attached to an aromatic ring is 1. The lowest BCUT2D eigenvalue weighted by atomic mass is 10.1. The number of aromatic hydroxyl groups is 1. The van der Waals surface area contributed by atoms with Gasteiger partial charge in [0.1, 0.15) is 5.75 Å². The first kappa shape index (κ1) is 13.4. The van der Waals surface area contributed by atoms with Gasteiger partial charge >= 0.3 is 0 Å². The third-order valence-electron chi connectivity index (χ3n) is 3.17. The molecule has 2 aromatic carbocycles. The number of rotatable bonds is 2. The lowest BCUT2D eigenvalue weighted by molar-refractivity contribution is 0.0993. The molecule has 3 aromatic rings. The highest BCUT2D eigenvalue weighted by Gasteiger charge is 2.15. The van der Waals surface area contributed by atoms with Crippen molar-refractivity contribution in [1.29, 1.82) is 0 Å². The normalized spacial score (nSPS) is 10.7. The fraction of sp³-hybridized carbons (Fsp3) is 0.0667. The molecule has 0 aliphatic carbocycles. The molecule has 0 aliphatic heterocycles. The number of hydrogen-bond donors (Lipinski definition) is 2. The summed E-state index contributed by atoms with van der Waals surface area (Å²) in [6, 6.07) is 11.9. The number of aromatic nitrogens is 1. The molecule has 0 radical (unpaired) electrons. The lowest BCUT2D eigenvalue weighted by Gasteiger charge is -2.17. The average Bonchev–Trinajstić information content (AvgIpc) is 2.84. The van der Waals surface area contributed by atoms with Crippen LogP contribution in [0.4, 0.5) is 10.8 Å². The minimum atomic E-state index is -0.158. The van der Waals surface area contributed by atoms with E-state index in [0.29, 0.717) is 16.4 Å². The fourth-order valence-corrected chi connectivity index (χ4v) is 2.86. The van der Waals surface area contributed by atoms with Gasteiger partial charge in [0.15, 0.2) is 5.13 Å². The molecule has 0 saturated carbocycles. The van der Waals surface area contributed by atoms with Crippen LogP contribution in [0.15, 0.2) is 42.5 Å². The van der Waals surface area contributed by atoms with Crippen LogP contribution in [0.1, 0.15) is 10.4 Å². The van der Waals surface area contributed by atoms with Gasteiger partial charge in [-0.3, -0.25) is 4.79 Å². The Labute approximate surface area is 125 Å². The van der Waals surface area contributed by atoms with Gasteiger partial charge < -0.3 is 15.7 Å². The number of amides is 1. The smallest absolute Gasteiger partial charge is 0.258 e. The summed E-state index contributed by atoms with van der Waals surface area (Å²) in [5.74, 6) is -0.0349. The number of anilines is 2. The number of nitrogens with two attached hydrogens (primary N) is 1. The van der Waals surface area contributed by atoms with Crippen molar-refractivity contribution in [3.8, 4) is 5.75 Å². The van der Waals surface area contributed by atoms with E-state index in [1.165, 1.54) is 16.2 Å². The minimum absolute atomic E-state index is 0.123. The summed E-state index contributed by atoms with van der Waals surface area (Å²) < 4.78 is 0.877. The predicted octanol–water partition coefficient (Wildman–Crippen LogP) is 2.86. The molecule has 21 heavy (non-hydrogen) atoms. The van der Waals surface area contributed by atoms with Crippen LogP contribution in [0.2, 0.25) is 0 Å². The molecule has 0 saturated heterocycles. The molecule has 1 heterocycles. The molecule has 0 aliphatic rings. The third-order valence-corrected chi connectivity index (χ3v) is 4.02. The van der Waals surface area contributed by atoms with Crippen molar-refractivity contribution >= 4 is 38.3 Å². The zero-order valence-corrected chi connectivity index (χ0v) is 12.1. The van der Waals surface area contributed by atoms with Crippen LogP contribution in [0.3, 0.4) is 0 Å². The Morgan fingerprint density at radius 1 is 1.29 bits per heavy atom. The van der Waals surface area contributed by atoms with E-state index in [0.717, 1.165) is 10.2 Å². The maximum atomic E-state index is 12.5. The molecule has 0 bridgehead atoms. The number of carbonyl (C=O) groups is 1. The van der Waals surface area contributed by atoms with Crippen LogP contribution >= 0.6 is 11.3 Å². The van der Waals surface area contributed by atoms with Gasteiger partial charge in [-0.2, -0.15) is 0 Å². The first-order valence-electron chi connectivity index (χ1n) is 6.28. The van der Waals surface area contributed by atoms with Crippen molar-refractivity contribution in [1.82, 2.24) is 4.98 Å². The molecule has 106 valence electrons. The quantitative estimate of drug-likeness (QED) is 0.762. The van der Waals surface area contributed by atoms with Crippen molar-refractivity contribution in [3.63, 3.8) is 0 Å². The molecular weight excluding hydrogens is 286 g/mol. The van der Waals surface area contributed by atoms with E-state index in [-0.39, 0.29) is 11.7 Å². The van der Waals surface area contributed by atoms with Crippen LogP contribution < -0.4 is 10.6 Å². The minimum Gasteiger partial charge on any atom is -0.508 e. The highest BCUT2D eigenvalue weighted by molar-refractivity contribution is 7.22. The van der Waals surface area contributed by atoms with E-state index in [4.69, 9.17) is 5.73 Å². The van der Waals surface area contributed by atoms with Crippen molar-refractivity contribution in [2.45, 2.75) is 0 Å². The van der Waals surface area contributed by atoms with Crippen LogP contribution in [0, 0.1) is 0 Å². The van der Waals surface area contributed by atoms with E-state index < -0.39 is 0 Å². The van der Waals surface area contributed by atoms with Gasteiger partial charge in [0.2, 0.25) is 0 Å². The number of thiazole rings is 1. The lowest BCUT2D eigenvalue weighted by Crippen LogP contribution is -2.26. The van der Waals surface area contributed by atoms with Crippen molar-refractivity contribution in [3.05, 3.63) is 48.0 Å². The number of nitrogens with zero attached hydrogens (tertiary/aromatic N) is 2. The van der Waals surface area contributed by atoms with Crippen molar-refractivity contribution in [2.24, 2.45) is 0 Å². The van der Waals surface area contributed by atoms with Crippen LogP contribution in [0.25, 0.3) is 10.2 Å². The van der Waals surface area contributed by atoms with Crippen LogP contribution in [-0.4, -0.2) is 23.0 Å². The fourth-order valence-electron chi connectivity index (χ4n) is 2.09. The second-order valence-corrected chi connectivity index (χ2v) is 5.68. The molecule has 0 fully saturated rings. The standard InChI is InChI=1S/C15H13N3O2S/c1-18(10-3-2-4-11(19)8-10)14(20)9-5-6-12-13(7-9)21-15(16)17-12/h2-8,19H,1H3,(H2,16,17). The van der Waals surface area contributed by atoms with E-state index >= 15 is 0 Å². The van der Waals surface area contributed by atoms with Gasteiger partial charge in [-0.25, -0.2) is 4.98 Å². The molecule has 0 atom stereocenters. The topological polar surface area (TPSA) is 79.5 Å². The first-order chi connectivity index (χ1) is 10.0. The summed E-state index contributed by atoms with van der Waals surface area (Å²) in [5.41, 5.74) is 7.64. The predicted molar refractivity (Wildman–Crippen MR) is 84.9 cm³/mol. The van der Waals surface area contributed by atoms with Gasteiger partial charge in [-0.05, 0) is 30.3 Å². The Morgan fingerprint density at radius 3 is 2.86 bits per heavy atom. The molecule has 3 N–H and O–H groups in total. The number of benzene rings is 2. The van der Waals surface area contributed by atoms with Gasteiger partial charge in [-0.1, -0.05) is 17.4 Å². The Morgan fingerprint density at radius 2 is 2.10 bits per heavy atom. The molecule has 6 heteroatoms. The molecule has 1 aromatic heterocycles. The Bertz CT molecular complexity index is 829. The first-order valence-corrected chi connectivity index (χ1v) is 7.09. The summed E-state index contributed by atoms with van der Waals surface area (Å²) in [4.78, 5) is 18.2. The number of fused-ring (bicyclic) bond motifs is 1. The van der Waals surface area contributed by atoms with Gasteiger partial charge in [0.25, 0.3) is 5.91 Å². The number of phenolic OH excluding ortho intramolecular Hbond substituents is 1. The highest BCUT2D eigenvalue weighted by Crippen LogP contribution is 2.26. The Balaban J connectivity index is 1.95. The molecule has 5 nitrogen and oxygen atoms in total. The largest absolute Gasteiger partial charge is 0.508 e. The maximum Gasteiger partial charge on any atom is 0.258 e. The summed E-state index contributed by atoms with van der Waals surface area (Å²) in [6.07, 6.45) is 0. The van der Waals surface area contributed by atoms with Crippen LogP contribution in [0.5, 0.6) is 5.75 Å². The highest BCUT2D eigenvalue weighted by atomic mass is 32.1.